The maximum absolute atomic E-state index is 2.24. The zero-order chi connectivity index (χ0) is 4.57. The molecule has 0 heterocycles. The SMILES string of the molecule is CC1C=CC1C.O. The predicted molar refractivity (Wildman–Crippen MR) is 31.1 cm³/mol. The Morgan fingerprint density at radius 2 is 1.29 bits per heavy atom. The van der Waals surface area contributed by atoms with E-state index < -0.39 is 0 Å². The van der Waals surface area contributed by atoms with Gasteiger partial charge in [-0.15, -0.1) is 0 Å². The van der Waals surface area contributed by atoms with Gasteiger partial charge in [0.25, 0.3) is 0 Å². The highest BCUT2D eigenvalue weighted by atomic mass is 16.0. The van der Waals surface area contributed by atoms with Gasteiger partial charge in [0.2, 0.25) is 0 Å². The van der Waals surface area contributed by atoms with Gasteiger partial charge in [0, 0.05) is 0 Å². The van der Waals surface area contributed by atoms with Crippen LogP contribution in [0.4, 0.5) is 0 Å². The summed E-state index contributed by atoms with van der Waals surface area (Å²) in [6.45, 7) is 4.48. The van der Waals surface area contributed by atoms with Gasteiger partial charge in [0.1, 0.15) is 0 Å². The van der Waals surface area contributed by atoms with Crippen molar-refractivity contribution in [3.8, 4) is 0 Å². The van der Waals surface area contributed by atoms with E-state index in [0.29, 0.717) is 0 Å². The first-order valence-corrected chi connectivity index (χ1v) is 2.49. The number of hydrogen-bond donors (Lipinski definition) is 0. The minimum Gasteiger partial charge on any atom is -0.412 e. The van der Waals surface area contributed by atoms with Crippen LogP contribution in [0.5, 0.6) is 0 Å². The first-order valence-electron chi connectivity index (χ1n) is 2.49. The van der Waals surface area contributed by atoms with Gasteiger partial charge in [-0.3, -0.25) is 0 Å². The Balaban J connectivity index is 0.000000360. The molecule has 0 aromatic carbocycles. The maximum Gasteiger partial charge on any atom is -0.0201 e. The molecule has 0 amide bonds. The van der Waals surface area contributed by atoms with Crippen molar-refractivity contribution in [1.29, 1.82) is 0 Å². The van der Waals surface area contributed by atoms with Gasteiger partial charge in [-0.1, -0.05) is 26.0 Å². The molecule has 0 aromatic rings. The Bertz CT molecular complexity index is 66.2. The summed E-state index contributed by atoms with van der Waals surface area (Å²) in [4.78, 5) is 0. The summed E-state index contributed by atoms with van der Waals surface area (Å²) in [5.74, 6) is 1.70. The van der Waals surface area contributed by atoms with Crippen LogP contribution in [-0.4, -0.2) is 5.48 Å². The summed E-state index contributed by atoms with van der Waals surface area (Å²) < 4.78 is 0. The van der Waals surface area contributed by atoms with E-state index in [9.17, 15) is 0 Å². The smallest absolute Gasteiger partial charge is 0.0201 e. The zero-order valence-electron chi connectivity index (χ0n) is 4.81. The number of rotatable bonds is 0. The van der Waals surface area contributed by atoms with Crippen molar-refractivity contribution in [3.05, 3.63) is 12.2 Å². The summed E-state index contributed by atoms with van der Waals surface area (Å²) >= 11 is 0. The summed E-state index contributed by atoms with van der Waals surface area (Å²) in [5, 5.41) is 0. The van der Waals surface area contributed by atoms with E-state index in [1.165, 1.54) is 0 Å². The van der Waals surface area contributed by atoms with E-state index in [1.807, 2.05) is 0 Å². The van der Waals surface area contributed by atoms with E-state index in [-0.39, 0.29) is 5.48 Å². The standard InChI is InChI=1S/C6H10.H2O/c1-5-3-4-6(5)2;/h3-6H,1-2H3;1H2. The van der Waals surface area contributed by atoms with E-state index in [2.05, 4.69) is 26.0 Å². The minimum atomic E-state index is 0. The minimum absolute atomic E-state index is 0. The zero-order valence-corrected chi connectivity index (χ0v) is 4.81. The van der Waals surface area contributed by atoms with Crippen molar-refractivity contribution in [3.63, 3.8) is 0 Å². The molecule has 0 spiro atoms. The fourth-order valence-corrected chi connectivity index (χ4v) is 0.556. The third-order valence-corrected chi connectivity index (χ3v) is 1.55. The fourth-order valence-electron chi connectivity index (χ4n) is 0.556. The van der Waals surface area contributed by atoms with Crippen LogP contribution in [0.3, 0.4) is 0 Å². The van der Waals surface area contributed by atoms with Gasteiger partial charge in [-0.05, 0) is 11.8 Å². The largest absolute Gasteiger partial charge is 0.412 e. The van der Waals surface area contributed by atoms with Crippen LogP contribution in [0.15, 0.2) is 12.2 Å². The maximum atomic E-state index is 2.24. The van der Waals surface area contributed by atoms with Crippen LogP contribution in [0, 0.1) is 11.8 Å². The molecule has 1 aliphatic carbocycles. The molecule has 2 atom stereocenters. The van der Waals surface area contributed by atoms with Gasteiger partial charge in [-0.25, -0.2) is 0 Å². The van der Waals surface area contributed by atoms with Crippen LogP contribution in [-0.2, 0) is 0 Å². The molecule has 7 heavy (non-hydrogen) atoms. The molecular weight excluding hydrogens is 88.1 g/mol. The number of allylic oxidation sites excluding steroid dienone is 2. The quantitative estimate of drug-likeness (QED) is 0.407. The summed E-state index contributed by atoms with van der Waals surface area (Å²) in [5.41, 5.74) is 0. The Morgan fingerprint density at radius 3 is 1.29 bits per heavy atom. The van der Waals surface area contributed by atoms with E-state index in [0.717, 1.165) is 11.8 Å². The third kappa shape index (κ3) is 1.03. The molecule has 0 radical (unpaired) electrons. The lowest BCUT2D eigenvalue weighted by Crippen LogP contribution is -2.09. The molecule has 2 unspecified atom stereocenters. The van der Waals surface area contributed by atoms with Crippen molar-refractivity contribution < 1.29 is 5.48 Å². The Kier molecular flexibility index (Phi) is 2.03. The average Bonchev–Trinajstić information content (AvgIpc) is 1.61. The second-order valence-electron chi connectivity index (χ2n) is 2.10. The van der Waals surface area contributed by atoms with E-state index >= 15 is 0 Å². The second-order valence-corrected chi connectivity index (χ2v) is 2.10. The van der Waals surface area contributed by atoms with Gasteiger partial charge >= 0.3 is 0 Å². The van der Waals surface area contributed by atoms with Gasteiger partial charge < -0.3 is 5.48 Å². The second kappa shape index (κ2) is 2.12. The van der Waals surface area contributed by atoms with Crippen LogP contribution in [0.1, 0.15) is 13.8 Å². The molecule has 1 nitrogen and oxygen atoms in total. The van der Waals surface area contributed by atoms with Crippen molar-refractivity contribution in [2.45, 2.75) is 13.8 Å². The van der Waals surface area contributed by atoms with E-state index in [1.54, 1.807) is 0 Å². The highest BCUT2D eigenvalue weighted by molar-refractivity contribution is 5.04. The van der Waals surface area contributed by atoms with Gasteiger partial charge in [-0.2, -0.15) is 0 Å². The highest BCUT2D eigenvalue weighted by Crippen LogP contribution is 2.22. The molecular formula is C6H12O. The molecule has 0 aromatic heterocycles. The lowest BCUT2D eigenvalue weighted by molar-refractivity contribution is 0.501. The van der Waals surface area contributed by atoms with Gasteiger partial charge in [0.05, 0.1) is 0 Å². The molecule has 0 bridgehead atoms. The lowest BCUT2D eigenvalue weighted by atomic mass is 9.86. The Morgan fingerprint density at radius 1 is 1.00 bits per heavy atom. The third-order valence-electron chi connectivity index (χ3n) is 1.55. The molecule has 0 saturated heterocycles. The normalized spacial score (nSPS) is 36.3. The van der Waals surface area contributed by atoms with Gasteiger partial charge in [0.15, 0.2) is 0 Å². The van der Waals surface area contributed by atoms with Crippen molar-refractivity contribution >= 4 is 0 Å². The first-order chi connectivity index (χ1) is 2.80. The first kappa shape index (κ1) is 6.70. The number of hydrogen-bond acceptors (Lipinski definition) is 0. The Hall–Kier alpha value is -0.300. The topological polar surface area (TPSA) is 31.5 Å². The van der Waals surface area contributed by atoms with Crippen molar-refractivity contribution in [2.24, 2.45) is 11.8 Å². The van der Waals surface area contributed by atoms with Crippen LogP contribution in [0.25, 0.3) is 0 Å². The monoisotopic (exact) mass is 100 g/mol. The summed E-state index contributed by atoms with van der Waals surface area (Å²) in [6, 6.07) is 0. The highest BCUT2D eigenvalue weighted by Gasteiger charge is 2.11. The predicted octanol–water partition coefficient (Wildman–Crippen LogP) is 1.00. The molecule has 1 rings (SSSR count). The Labute approximate surface area is 44.3 Å². The van der Waals surface area contributed by atoms with Crippen molar-refractivity contribution in [1.82, 2.24) is 0 Å². The molecule has 42 valence electrons. The fraction of sp³-hybridized carbons (Fsp3) is 0.667. The molecule has 1 heteroatoms. The van der Waals surface area contributed by atoms with Crippen LogP contribution >= 0.6 is 0 Å². The van der Waals surface area contributed by atoms with Crippen LogP contribution < -0.4 is 0 Å². The summed E-state index contributed by atoms with van der Waals surface area (Å²) in [6.07, 6.45) is 4.48. The molecule has 2 N–H and O–H groups in total. The van der Waals surface area contributed by atoms with Crippen LogP contribution in [0.2, 0.25) is 0 Å². The van der Waals surface area contributed by atoms with Crippen molar-refractivity contribution in [2.75, 3.05) is 0 Å². The molecule has 1 aliphatic rings. The average molecular weight is 100 g/mol. The summed E-state index contributed by atoms with van der Waals surface area (Å²) in [7, 11) is 0. The van der Waals surface area contributed by atoms with E-state index in [4.69, 9.17) is 0 Å². The molecule has 0 saturated carbocycles. The molecule has 0 fully saturated rings. The molecule has 0 aliphatic heterocycles. The lowest BCUT2D eigenvalue weighted by Gasteiger charge is -2.20.